The first-order valence-corrected chi connectivity index (χ1v) is 11.9. The molecule has 0 saturated heterocycles. The number of hydrogen-bond acceptors (Lipinski definition) is 2. The van der Waals surface area contributed by atoms with Crippen LogP contribution in [0.1, 0.15) is 42.0 Å². The predicted octanol–water partition coefficient (Wildman–Crippen LogP) is 5.23. The van der Waals surface area contributed by atoms with E-state index in [1.807, 2.05) is 61.5 Å². The van der Waals surface area contributed by atoms with Gasteiger partial charge in [0.25, 0.3) is 0 Å². The number of amides is 2. The number of carbonyl (C=O) groups excluding carboxylic acids is 2. The molecule has 1 N–H and O–H groups in total. The second-order valence-corrected chi connectivity index (χ2v) is 8.63. The molecule has 0 aliphatic rings. The maximum absolute atomic E-state index is 14.6. The SMILES string of the molecule is CCCCNC(=O)[C@@H](Cc1ccccc1)N(Cc1ccccc1F)C(=O)Cc1cccc(C)c1. The molecule has 1 atom stereocenters. The summed E-state index contributed by atoms with van der Waals surface area (Å²) >= 11 is 0. The van der Waals surface area contributed by atoms with Crippen molar-refractivity contribution in [1.82, 2.24) is 10.2 Å². The van der Waals surface area contributed by atoms with E-state index in [0.29, 0.717) is 18.5 Å². The maximum Gasteiger partial charge on any atom is 0.243 e. The van der Waals surface area contributed by atoms with Crippen LogP contribution in [-0.4, -0.2) is 29.3 Å². The normalized spacial score (nSPS) is 11.6. The summed E-state index contributed by atoms with van der Waals surface area (Å²) in [5.74, 6) is -0.813. The molecule has 2 amide bonds. The fraction of sp³-hybridized carbons (Fsp3) is 0.310. The topological polar surface area (TPSA) is 49.4 Å². The Morgan fingerprint density at radius 2 is 1.65 bits per heavy atom. The van der Waals surface area contributed by atoms with Gasteiger partial charge in [-0.1, -0.05) is 91.7 Å². The van der Waals surface area contributed by atoms with E-state index < -0.39 is 6.04 Å². The van der Waals surface area contributed by atoms with Crippen LogP contribution in [0.15, 0.2) is 78.9 Å². The molecule has 0 aliphatic carbocycles. The highest BCUT2D eigenvalue weighted by molar-refractivity contribution is 5.88. The molecule has 5 heteroatoms. The molecule has 0 bridgehead atoms. The Morgan fingerprint density at radius 1 is 0.941 bits per heavy atom. The highest BCUT2D eigenvalue weighted by atomic mass is 19.1. The van der Waals surface area contributed by atoms with Gasteiger partial charge in [0, 0.05) is 25.1 Å². The molecule has 0 spiro atoms. The summed E-state index contributed by atoms with van der Waals surface area (Å²) in [5, 5.41) is 2.99. The van der Waals surface area contributed by atoms with Crippen LogP contribution in [-0.2, 0) is 29.0 Å². The van der Waals surface area contributed by atoms with E-state index >= 15 is 0 Å². The third kappa shape index (κ3) is 7.27. The number of hydrogen-bond donors (Lipinski definition) is 1. The number of unbranched alkanes of at least 4 members (excludes halogenated alkanes) is 1. The van der Waals surface area contributed by atoms with E-state index in [9.17, 15) is 14.0 Å². The zero-order chi connectivity index (χ0) is 24.3. The maximum atomic E-state index is 14.6. The first-order chi connectivity index (χ1) is 16.5. The summed E-state index contributed by atoms with van der Waals surface area (Å²) < 4.78 is 14.6. The Bertz CT molecular complexity index is 1080. The number of benzene rings is 3. The highest BCUT2D eigenvalue weighted by Crippen LogP contribution is 2.18. The molecule has 178 valence electrons. The number of rotatable bonds is 11. The molecule has 0 aliphatic heterocycles. The lowest BCUT2D eigenvalue weighted by Gasteiger charge is -2.32. The fourth-order valence-electron chi connectivity index (χ4n) is 3.97. The van der Waals surface area contributed by atoms with Gasteiger partial charge in [0.15, 0.2) is 0 Å². The lowest BCUT2D eigenvalue weighted by molar-refractivity contribution is -0.140. The minimum atomic E-state index is -0.754. The van der Waals surface area contributed by atoms with Crippen molar-refractivity contribution in [3.63, 3.8) is 0 Å². The molecular weight excluding hydrogens is 427 g/mol. The summed E-state index contributed by atoms with van der Waals surface area (Å²) in [5.41, 5.74) is 3.26. The lowest BCUT2D eigenvalue weighted by atomic mass is 10.0. The van der Waals surface area contributed by atoms with Gasteiger partial charge in [-0.15, -0.1) is 0 Å². The largest absolute Gasteiger partial charge is 0.354 e. The number of carbonyl (C=O) groups is 2. The van der Waals surface area contributed by atoms with Crippen LogP contribution in [0.3, 0.4) is 0 Å². The molecular formula is C29H33FN2O2. The van der Waals surface area contributed by atoms with Gasteiger partial charge < -0.3 is 10.2 Å². The summed E-state index contributed by atoms with van der Waals surface area (Å²) in [6.07, 6.45) is 2.31. The van der Waals surface area contributed by atoms with E-state index in [1.54, 1.807) is 18.2 Å². The van der Waals surface area contributed by atoms with Crippen LogP contribution >= 0.6 is 0 Å². The average Bonchev–Trinajstić information content (AvgIpc) is 2.83. The van der Waals surface area contributed by atoms with E-state index in [2.05, 4.69) is 12.2 Å². The highest BCUT2D eigenvalue weighted by Gasteiger charge is 2.30. The van der Waals surface area contributed by atoms with Gasteiger partial charge in [0.2, 0.25) is 11.8 Å². The molecule has 0 aromatic heterocycles. The van der Waals surface area contributed by atoms with Crippen LogP contribution in [0.5, 0.6) is 0 Å². The molecule has 3 rings (SSSR count). The Balaban J connectivity index is 1.95. The molecule has 3 aromatic carbocycles. The van der Waals surface area contributed by atoms with Crippen molar-refractivity contribution in [3.8, 4) is 0 Å². The Hall–Kier alpha value is -3.47. The van der Waals surface area contributed by atoms with E-state index in [1.165, 1.54) is 11.0 Å². The molecule has 0 radical (unpaired) electrons. The Kier molecular flexibility index (Phi) is 9.39. The quantitative estimate of drug-likeness (QED) is 0.398. The average molecular weight is 461 g/mol. The zero-order valence-corrected chi connectivity index (χ0v) is 20.0. The third-order valence-corrected chi connectivity index (χ3v) is 5.84. The molecule has 0 fully saturated rings. The van der Waals surface area contributed by atoms with Crippen LogP contribution in [0.4, 0.5) is 4.39 Å². The van der Waals surface area contributed by atoms with Gasteiger partial charge in [0.1, 0.15) is 11.9 Å². The molecule has 0 heterocycles. The molecule has 4 nitrogen and oxygen atoms in total. The van der Waals surface area contributed by atoms with Crippen molar-refractivity contribution in [3.05, 3.63) is 107 Å². The minimum Gasteiger partial charge on any atom is -0.354 e. The van der Waals surface area contributed by atoms with Crippen molar-refractivity contribution in [2.75, 3.05) is 6.54 Å². The van der Waals surface area contributed by atoms with Gasteiger partial charge >= 0.3 is 0 Å². The second kappa shape index (κ2) is 12.7. The number of halogens is 1. The Labute approximate surface area is 201 Å². The summed E-state index contributed by atoms with van der Waals surface area (Å²) in [7, 11) is 0. The van der Waals surface area contributed by atoms with Gasteiger partial charge in [-0.05, 0) is 30.5 Å². The Morgan fingerprint density at radius 3 is 2.35 bits per heavy atom. The van der Waals surface area contributed by atoms with Crippen LogP contribution in [0.25, 0.3) is 0 Å². The van der Waals surface area contributed by atoms with Crippen molar-refractivity contribution in [2.24, 2.45) is 0 Å². The zero-order valence-electron chi connectivity index (χ0n) is 20.0. The first-order valence-electron chi connectivity index (χ1n) is 11.9. The van der Waals surface area contributed by atoms with Gasteiger partial charge in [-0.2, -0.15) is 0 Å². The minimum absolute atomic E-state index is 0.0238. The molecule has 0 saturated carbocycles. The van der Waals surface area contributed by atoms with E-state index in [4.69, 9.17) is 0 Å². The summed E-state index contributed by atoms with van der Waals surface area (Å²) in [4.78, 5) is 28.5. The third-order valence-electron chi connectivity index (χ3n) is 5.84. The summed E-state index contributed by atoms with van der Waals surface area (Å²) in [6, 6.07) is 23.0. The molecule has 34 heavy (non-hydrogen) atoms. The van der Waals surface area contributed by atoms with E-state index in [0.717, 1.165) is 29.5 Å². The van der Waals surface area contributed by atoms with Crippen LogP contribution in [0.2, 0.25) is 0 Å². The van der Waals surface area contributed by atoms with E-state index in [-0.39, 0.29) is 30.6 Å². The van der Waals surface area contributed by atoms with Gasteiger partial charge in [0.05, 0.1) is 6.42 Å². The molecule has 3 aromatic rings. The van der Waals surface area contributed by atoms with Crippen LogP contribution < -0.4 is 5.32 Å². The van der Waals surface area contributed by atoms with Crippen molar-refractivity contribution >= 4 is 11.8 Å². The fourth-order valence-corrected chi connectivity index (χ4v) is 3.97. The van der Waals surface area contributed by atoms with Gasteiger partial charge in [-0.25, -0.2) is 4.39 Å². The predicted molar refractivity (Wildman–Crippen MR) is 134 cm³/mol. The summed E-state index contributed by atoms with van der Waals surface area (Å²) in [6.45, 7) is 4.60. The lowest BCUT2D eigenvalue weighted by Crippen LogP contribution is -2.51. The molecule has 0 unspecified atom stereocenters. The monoisotopic (exact) mass is 460 g/mol. The smallest absolute Gasteiger partial charge is 0.243 e. The number of nitrogens with zero attached hydrogens (tertiary/aromatic N) is 1. The van der Waals surface area contributed by atoms with Gasteiger partial charge in [-0.3, -0.25) is 9.59 Å². The van der Waals surface area contributed by atoms with Crippen molar-refractivity contribution < 1.29 is 14.0 Å². The second-order valence-electron chi connectivity index (χ2n) is 8.63. The van der Waals surface area contributed by atoms with Crippen LogP contribution in [0, 0.1) is 12.7 Å². The van der Waals surface area contributed by atoms with Crippen molar-refractivity contribution in [2.45, 2.75) is 52.1 Å². The number of nitrogens with one attached hydrogen (secondary N) is 1. The van der Waals surface area contributed by atoms with Crippen molar-refractivity contribution in [1.29, 1.82) is 0 Å². The first kappa shape index (κ1) is 25.2. The standard InChI is InChI=1S/C29H33FN2O2/c1-3-4-17-31-29(34)27(19-23-12-6-5-7-13-23)32(21-25-15-8-9-16-26(25)30)28(33)20-24-14-10-11-22(2)18-24/h5-16,18,27H,3-4,17,19-21H2,1-2H3,(H,31,34)/t27-/m1/s1. The number of aryl methyl sites for hydroxylation is 1.